The number of amides is 1. The zero-order chi connectivity index (χ0) is 20.9. The summed E-state index contributed by atoms with van der Waals surface area (Å²) in [5.41, 5.74) is 0.791. The van der Waals surface area contributed by atoms with Crippen LogP contribution >= 0.6 is 22.9 Å². The summed E-state index contributed by atoms with van der Waals surface area (Å²) in [5.74, 6) is -0.178. The van der Waals surface area contributed by atoms with Crippen molar-refractivity contribution in [1.29, 1.82) is 0 Å². The van der Waals surface area contributed by atoms with E-state index in [0.717, 1.165) is 39.2 Å². The molecule has 0 unspecified atom stereocenters. The Labute approximate surface area is 181 Å². The van der Waals surface area contributed by atoms with Crippen LogP contribution in [-0.2, 0) is 21.4 Å². The van der Waals surface area contributed by atoms with Gasteiger partial charge >= 0.3 is 0 Å². The number of rotatable bonds is 7. The fourth-order valence-corrected chi connectivity index (χ4v) is 4.98. The summed E-state index contributed by atoms with van der Waals surface area (Å²) in [7, 11) is -2.23. The average Bonchev–Trinajstić information content (AvgIpc) is 3.12. The standard InChI is InChI=1S/C20H24ClN3O3S2/c1-22(29(26,27)14-9-17-5-3-2-4-6-17)16-20(25)24-12-10-23(11-13-24)15-18-7-8-19(21)28-18/h2-9,14H,10-13,15-16H2,1H3. The molecule has 0 aliphatic carbocycles. The van der Waals surface area contributed by atoms with Gasteiger partial charge in [-0.3, -0.25) is 9.69 Å². The Morgan fingerprint density at radius 3 is 2.45 bits per heavy atom. The monoisotopic (exact) mass is 453 g/mol. The summed E-state index contributed by atoms with van der Waals surface area (Å²) in [6, 6.07) is 13.1. The van der Waals surface area contributed by atoms with Gasteiger partial charge < -0.3 is 4.90 Å². The molecular weight excluding hydrogens is 430 g/mol. The van der Waals surface area contributed by atoms with Crippen LogP contribution in [0.5, 0.6) is 0 Å². The number of halogens is 1. The highest BCUT2D eigenvalue weighted by atomic mass is 35.5. The molecule has 29 heavy (non-hydrogen) atoms. The second-order valence-electron chi connectivity index (χ2n) is 6.88. The lowest BCUT2D eigenvalue weighted by molar-refractivity contribution is -0.133. The summed E-state index contributed by atoms with van der Waals surface area (Å²) in [6.45, 7) is 3.34. The maximum absolute atomic E-state index is 12.6. The van der Waals surface area contributed by atoms with E-state index < -0.39 is 10.0 Å². The zero-order valence-corrected chi connectivity index (χ0v) is 18.6. The average molecular weight is 454 g/mol. The number of carbonyl (C=O) groups excluding carboxylic acids is 1. The van der Waals surface area contributed by atoms with Gasteiger partial charge in [-0.1, -0.05) is 41.9 Å². The fourth-order valence-electron chi connectivity index (χ4n) is 3.03. The van der Waals surface area contributed by atoms with Crippen LogP contribution in [0.1, 0.15) is 10.4 Å². The van der Waals surface area contributed by atoms with E-state index in [1.807, 2.05) is 42.5 Å². The smallest absolute Gasteiger partial charge is 0.237 e. The number of hydrogen-bond acceptors (Lipinski definition) is 5. The van der Waals surface area contributed by atoms with Gasteiger partial charge in [-0.15, -0.1) is 11.3 Å². The van der Waals surface area contributed by atoms with Gasteiger partial charge in [0.05, 0.1) is 10.9 Å². The van der Waals surface area contributed by atoms with Crippen molar-refractivity contribution in [3.05, 3.63) is 62.6 Å². The molecular formula is C20H24ClN3O3S2. The van der Waals surface area contributed by atoms with E-state index in [1.165, 1.54) is 18.0 Å². The van der Waals surface area contributed by atoms with Crippen LogP contribution < -0.4 is 0 Å². The molecule has 0 spiro atoms. The van der Waals surface area contributed by atoms with Crippen molar-refractivity contribution in [3.8, 4) is 0 Å². The molecule has 156 valence electrons. The Balaban J connectivity index is 1.49. The van der Waals surface area contributed by atoms with Crippen molar-refractivity contribution in [2.75, 3.05) is 39.8 Å². The normalized spacial score (nSPS) is 16.0. The number of likely N-dealkylation sites (N-methyl/N-ethyl adjacent to an activating group) is 1. The first-order valence-electron chi connectivity index (χ1n) is 9.27. The third-order valence-corrected chi connectivity index (χ3v) is 7.45. The zero-order valence-electron chi connectivity index (χ0n) is 16.2. The minimum Gasteiger partial charge on any atom is -0.339 e. The molecule has 1 aromatic carbocycles. The number of carbonyl (C=O) groups is 1. The molecule has 0 N–H and O–H groups in total. The van der Waals surface area contributed by atoms with Crippen molar-refractivity contribution >= 4 is 44.9 Å². The minimum absolute atomic E-state index is 0.165. The predicted octanol–water partition coefficient (Wildman–Crippen LogP) is 2.98. The molecule has 1 fully saturated rings. The van der Waals surface area contributed by atoms with Crippen LogP contribution in [0, 0.1) is 0 Å². The highest BCUT2D eigenvalue weighted by Gasteiger charge is 2.25. The van der Waals surface area contributed by atoms with Crippen LogP contribution in [0.3, 0.4) is 0 Å². The number of nitrogens with zero attached hydrogens (tertiary/aromatic N) is 3. The van der Waals surface area contributed by atoms with Gasteiger partial charge in [0.25, 0.3) is 0 Å². The lowest BCUT2D eigenvalue weighted by Crippen LogP contribution is -2.50. The van der Waals surface area contributed by atoms with Crippen molar-refractivity contribution in [3.63, 3.8) is 0 Å². The fraction of sp³-hybridized carbons (Fsp3) is 0.350. The highest BCUT2D eigenvalue weighted by Crippen LogP contribution is 2.23. The van der Waals surface area contributed by atoms with Crippen molar-refractivity contribution in [2.45, 2.75) is 6.54 Å². The topological polar surface area (TPSA) is 60.9 Å². The van der Waals surface area contributed by atoms with Crippen molar-refractivity contribution in [1.82, 2.24) is 14.1 Å². The quantitative estimate of drug-likeness (QED) is 0.646. The van der Waals surface area contributed by atoms with E-state index in [2.05, 4.69) is 4.90 Å². The Morgan fingerprint density at radius 1 is 1.14 bits per heavy atom. The van der Waals surface area contributed by atoms with Crippen molar-refractivity contribution < 1.29 is 13.2 Å². The highest BCUT2D eigenvalue weighted by molar-refractivity contribution is 7.92. The van der Waals surface area contributed by atoms with E-state index in [0.29, 0.717) is 13.1 Å². The Kier molecular flexibility index (Phi) is 7.48. The molecule has 2 heterocycles. The first-order chi connectivity index (χ1) is 13.8. The van der Waals surface area contributed by atoms with Gasteiger partial charge in [-0.05, 0) is 23.8 Å². The molecule has 3 rings (SSSR count). The maximum atomic E-state index is 12.6. The molecule has 1 saturated heterocycles. The lowest BCUT2D eigenvalue weighted by Gasteiger charge is -2.35. The minimum atomic E-state index is -3.66. The van der Waals surface area contributed by atoms with Crippen LogP contribution in [0.15, 0.2) is 47.9 Å². The van der Waals surface area contributed by atoms with Gasteiger partial charge in [0.1, 0.15) is 0 Å². The van der Waals surface area contributed by atoms with Crippen LogP contribution in [-0.4, -0.2) is 68.2 Å². The Hall–Kier alpha value is -1.71. The lowest BCUT2D eigenvalue weighted by atomic mass is 10.2. The summed E-state index contributed by atoms with van der Waals surface area (Å²) in [5, 5.41) is 1.14. The van der Waals surface area contributed by atoms with E-state index in [-0.39, 0.29) is 12.5 Å². The molecule has 0 saturated carbocycles. The number of sulfonamides is 1. The SMILES string of the molecule is CN(CC(=O)N1CCN(Cc2ccc(Cl)s2)CC1)S(=O)(=O)C=Cc1ccccc1. The van der Waals surface area contributed by atoms with E-state index in [4.69, 9.17) is 11.6 Å². The summed E-state index contributed by atoms with van der Waals surface area (Å²) < 4.78 is 26.7. The first kappa shape index (κ1) is 22.0. The Morgan fingerprint density at radius 2 is 1.83 bits per heavy atom. The molecule has 1 aliphatic heterocycles. The number of hydrogen-bond donors (Lipinski definition) is 0. The second kappa shape index (κ2) is 9.86. The van der Waals surface area contributed by atoms with Crippen molar-refractivity contribution in [2.24, 2.45) is 0 Å². The molecule has 0 bridgehead atoms. The molecule has 2 aromatic rings. The van der Waals surface area contributed by atoms with Crippen LogP contribution in [0.25, 0.3) is 6.08 Å². The molecule has 1 aromatic heterocycles. The van der Waals surface area contributed by atoms with Crippen LogP contribution in [0.4, 0.5) is 0 Å². The molecule has 1 amide bonds. The molecule has 9 heteroatoms. The maximum Gasteiger partial charge on any atom is 0.237 e. The van der Waals surface area contributed by atoms with Crippen LogP contribution in [0.2, 0.25) is 4.34 Å². The van der Waals surface area contributed by atoms with Gasteiger partial charge in [-0.2, -0.15) is 4.31 Å². The third-order valence-electron chi connectivity index (χ3n) is 4.76. The molecule has 0 radical (unpaired) electrons. The summed E-state index contributed by atoms with van der Waals surface area (Å²) >= 11 is 7.54. The second-order valence-corrected chi connectivity index (χ2v) is 10.6. The Bertz CT molecular complexity index is 952. The largest absolute Gasteiger partial charge is 0.339 e. The van der Waals surface area contributed by atoms with Gasteiger partial charge in [0, 0.05) is 50.1 Å². The molecule has 0 atom stereocenters. The predicted molar refractivity (Wildman–Crippen MR) is 118 cm³/mol. The molecule has 1 aliphatic rings. The summed E-state index contributed by atoms with van der Waals surface area (Å²) in [4.78, 5) is 17.8. The number of benzene rings is 1. The third kappa shape index (κ3) is 6.38. The van der Waals surface area contributed by atoms with E-state index in [9.17, 15) is 13.2 Å². The molecule has 6 nitrogen and oxygen atoms in total. The van der Waals surface area contributed by atoms with Gasteiger partial charge in [0.15, 0.2) is 0 Å². The van der Waals surface area contributed by atoms with Gasteiger partial charge in [0.2, 0.25) is 15.9 Å². The van der Waals surface area contributed by atoms with E-state index >= 15 is 0 Å². The number of thiophene rings is 1. The summed E-state index contributed by atoms with van der Waals surface area (Å²) in [6.07, 6.45) is 1.53. The number of piperazine rings is 1. The first-order valence-corrected chi connectivity index (χ1v) is 12.0. The van der Waals surface area contributed by atoms with Gasteiger partial charge in [-0.25, -0.2) is 8.42 Å². The van der Waals surface area contributed by atoms with E-state index in [1.54, 1.807) is 16.2 Å².